The van der Waals surface area contributed by atoms with Gasteiger partial charge >= 0.3 is 6.61 Å². The molecule has 1 aromatic heterocycles. The van der Waals surface area contributed by atoms with Crippen LogP contribution in [0.2, 0.25) is 0 Å². The number of carbonyl (C=O) groups is 1. The van der Waals surface area contributed by atoms with Crippen LogP contribution in [0.4, 0.5) is 14.6 Å². The fourth-order valence-electron chi connectivity index (χ4n) is 4.72. The molecule has 0 N–H and O–H groups in total. The van der Waals surface area contributed by atoms with Crippen LogP contribution in [0.5, 0.6) is 5.75 Å². The molecule has 4 aromatic rings. The second kappa shape index (κ2) is 11.5. The Kier molecular flexibility index (Phi) is 8.18. The first-order chi connectivity index (χ1) is 17.5. The second-order valence-corrected chi connectivity index (χ2v) is 8.87. The van der Waals surface area contributed by atoms with Gasteiger partial charge in [-0.15, -0.1) is 22.6 Å². The quantitative estimate of drug-likeness (QED) is 0.328. The van der Waals surface area contributed by atoms with Gasteiger partial charge in [0, 0.05) is 42.0 Å². The molecule has 6 nitrogen and oxygen atoms in total. The van der Waals surface area contributed by atoms with Crippen molar-refractivity contribution in [3.8, 4) is 17.0 Å². The van der Waals surface area contributed by atoms with Crippen molar-refractivity contribution in [1.82, 2.24) is 15.1 Å². The van der Waals surface area contributed by atoms with E-state index in [9.17, 15) is 13.6 Å². The third-order valence-electron chi connectivity index (χ3n) is 6.47. The Morgan fingerprint density at radius 2 is 1.62 bits per heavy atom. The van der Waals surface area contributed by atoms with Crippen molar-refractivity contribution >= 4 is 34.9 Å². The molecule has 37 heavy (non-hydrogen) atoms. The van der Waals surface area contributed by atoms with Crippen molar-refractivity contribution in [2.75, 3.05) is 24.5 Å². The Hall–Kier alpha value is -3.78. The summed E-state index contributed by atoms with van der Waals surface area (Å²) in [6.07, 6.45) is 0.202. The third-order valence-corrected chi connectivity index (χ3v) is 6.47. The summed E-state index contributed by atoms with van der Waals surface area (Å²) in [6, 6.07) is 24.3. The van der Waals surface area contributed by atoms with Crippen molar-refractivity contribution in [2.24, 2.45) is 0 Å². The number of benzene rings is 3. The Bertz CT molecular complexity index is 1360. The maximum atomic E-state index is 13.0. The minimum Gasteiger partial charge on any atom is -0.435 e. The Morgan fingerprint density at radius 3 is 2.30 bits per heavy atom. The van der Waals surface area contributed by atoms with Gasteiger partial charge in [-0.2, -0.15) is 8.78 Å². The van der Waals surface area contributed by atoms with Gasteiger partial charge in [0.05, 0.1) is 6.42 Å². The summed E-state index contributed by atoms with van der Waals surface area (Å²) in [5.41, 5.74) is 2.62. The lowest BCUT2D eigenvalue weighted by molar-refractivity contribution is -0.132. The summed E-state index contributed by atoms with van der Waals surface area (Å²) in [7, 11) is 0. The number of anilines is 1. The molecule has 3 aromatic carbocycles. The molecule has 0 unspecified atom stereocenters. The zero-order valence-corrected chi connectivity index (χ0v) is 21.1. The maximum absolute atomic E-state index is 13.0. The molecule has 0 saturated carbocycles. The molecule has 1 amide bonds. The minimum atomic E-state index is -2.87. The van der Waals surface area contributed by atoms with E-state index in [2.05, 4.69) is 32.0 Å². The molecular formula is C28H27ClF2N4O2. The number of nitrogens with zero attached hydrogens (tertiary/aromatic N) is 4. The number of aromatic nitrogens is 2. The van der Waals surface area contributed by atoms with E-state index in [1.807, 2.05) is 54.3 Å². The summed E-state index contributed by atoms with van der Waals surface area (Å²) >= 11 is 0. The van der Waals surface area contributed by atoms with Crippen LogP contribution in [-0.4, -0.2) is 53.3 Å². The van der Waals surface area contributed by atoms with Gasteiger partial charge in [-0.25, -0.2) is 0 Å². The van der Waals surface area contributed by atoms with Gasteiger partial charge in [-0.3, -0.25) is 4.79 Å². The summed E-state index contributed by atoms with van der Waals surface area (Å²) in [6.45, 7) is 0.989. The normalized spacial score (nSPS) is 15.5. The molecule has 1 fully saturated rings. The molecule has 0 aliphatic carbocycles. The van der Waals surface area contributed by atoms with E-state index >= 15 is 0 Å². The van der Waals surface area contributed by atoms with E-state index in [1.165, 1.54) is 12.1 Å². The smallest absolute Gasteiger partial charge is 0.387 e. The summed E-state index contributed by atoms with van der Waals surface area (Å²) < 4.78 is 29.1. The number of fused-ring (bicyclic) bond motifs is 1. The van der Waals surface area contributed by atoms with Gasteiger partial charge in [-0.1, -0.05) is 66.7 Å². The lowest BCUT2D eigenvalue weighted by Gasteiger charge is -2.40. The van der Waals surface area contributed by atoms with Crippen LogP contribution in [-0.2, 0) is 11.2 Å². The van der Waals surface area contributed by atoms with E-state index in [4.69, 9.17) is 0 Å². The molecule has 192 valence electrons. The Balaban J connectivity index is 0.00000320. The number of carbonyl (C=O) groups excluding carboxylic acids is 1. The van der Waals surface area contributed by atoms with E-state index in [0.29, 0.717) is 19.6 Å². The molecule has 5 rings (SSSR count). The van der Waals surface area contributed by atoms with Crippen LogP contribution in [0.25, 0.3) is 22.0 Å². The lowest BCUT2D eigenvalue weighted by Crippen LogP contribution is -2.54. The number of hydrogen-bond acceptors (Lipinski definition) is 5. The topological polar surface area (TPSA) is 58.6 Å². The molecule has 0 bridgehead atoms. The van der Waals surface area contributed by atoms with Gasteiger partial charge in [-0.05, 0) is 24.6 Å². The third kappa shape index (κ3) is 5.80. The average Bonchev–Trinajstić information content (AvgIpc) is 2.89. The molecule has 1 saturated heterocycles. The van der Waals surface area contributed by atoms with Crippen molar-refractivity contribution in [3.05, 3.63) is 84.4 Å². The Morgan fingerprint density at radius 1 is 0.946 bits per heavy atom. The fourth-order valence-corrected chi connectivity index (χ4v) is 4.72. The zero-order valence-electron chi connectivity index (χ0n) is 20.3. The van der Waals surface area contributed by atoms with E-state index < -0.39 is 6.61 Å². The number of ether oxygens (including phenoxy) is 1. The Labute approximate surface area is 220 Å². The number of amides is 1. The van der Waals surface area contributed by atoms with E-state index in [-0.39, 0.29) is 36.5 Å². The molecular weight excluding hydrogens is 498 g/mol. The predicted octanol–water partition coefficient (Wildman–Crippen LogP) is 5.60. The average molecular weight is 525 g/mol. The molecule has 0 spiro atoms. The van der Waals surface area contributed by atoms with Crippen molar-refractivity contribution in [3.63, 3.8) is 0 Å². The van der Waals surface area contributed by atoms with E-state index in [0.717, 1.165) is 33.4 Å². The molecule has 1 aliphatic rings. The highest BCUT2D eigenvalue weighted by atomic mass is 35.5. The number of alkyl halides is 2. The van der Waals surface area contributed by atoms with Gasteiger partial charge in [0.25, 0.3) is 0 Å². The summed E-state index contributed by atoms with van der Waals surface area (Å²) in [4.78, 5) is 17.1. The van der Waals surface area contributed by atoms with Crippen LogP contribution < -0.4 is 9.64 Å². The van der Waals surface area contributed by atoms with Gasteiger partial charge in [0.1, 0.15) is 11.4 Å². The highest BCUT2D eigenvalue weighted by Gasteiger charge is 2.29. The summed E-state index contributed by atoms with van der Waals surface area (Å²) in [5.74, 6) is 0.897. The SMILES string of the molecule is C[C@H]1CN(c2nnc(-c3ccccc3)c3ccccc23)CCN1C(=O)Cc1ccc(OC(F)F)cc1.Cl. The number of halogens is 3. The van der Waals surface area contributed by atoms with Crippen LogP contribution >= 0.6 is 12.4 Å². The predicted molar refractivity (Wildman–Crippen MR) is 142 cm³/mol. The van der Waals surface area contributed by atoms with E-state index in [1.54, 1.807) is 12.1 Å². The summed E-state index contributed by atoms with van der Waals surface area (Å²) in [5, 5.41) is 11.3. The standard InChI is InChI=1S/C28H26F2N4O2.ClH/c1-19-18-33(15-16-34(19)25(35)17-20-11-13-22(14-12-20)36-28(29)30)27-24-10-6-5-9-23(24)26(31-32-27)21-7-3-2-4-8-21;/h2-14,19,28H,15-18H2,1H3;1H/t19-;/m0./s1. The first-order valence-corrected chi connectivity index (χ1v) is 11.9. The highest BCUT2D eigenvalue weighted by molar-refractivity contribution is 6.00. The lowest BCUT2D eigenvalue weighted by atomic mass is 10.0. The molecule has 9 heteroatoms. The van der Waals surface area contributed by atoms with Gasteiger partial charge in [0.2, 0.25) is 5.91 Å². The molecule has 2 heterocycles. The zero-order chi connectivity index (χ0) is 25.1. The molecule has 1 aliphatic heterocycles. The van der Waals surface area contributed by atoms with Crippen LogP contribution in [0.1, 0.15) is 12.5 Å². The van der Waals surface area contributed by atoms with Crippen molar-refractivity contribution in [1.29, 1.82) is 0 Å². The van der Waals surface area contributed by atoms with Crippen LogP contribution in [0.3, 0.4) is 0 Å². The monoisotopic (exact) mass is 524 g/mol. The first-order valence-electron chi connectivity index (χ1n) is 11.9. The van der Waals surface area contributed by atoms with Gasteiger partial charge in [0.15, 0.2) is 5.82 Å². The van der Waals surface area contributed by atoms with Gasteiger partial charge < -0.3 is 14.5 Å². The van der Waals surface area contributed by atoms with Crippen molar-refractivity contribution in [2.45, 2.75) is 26.0 Å². The second-order valence-electron chi connectivity index (χ2n) is 8.87. The number of rotatable bonds is 6. The maximum Gasteiger partial charge on any atom is 0.387 e. The highest BCUT2D eigenvalue weighted by Crippen LogP contribution is 2.32. The van der Waals surface area contributed by atoms with Crippen molar-refractivity contribution < 1.29 is 18.3 Å². The van der Waals surface area contributed by atoms with Crippen LogP contribution in [0.15, 0.2) is 78.9 Å². The first kappa shape index (κ1) is 26.3. The fraction of sp³-hybridized carbons (Fsp3) is 0.250. The number of hydrogen-bond donors (Lipinski definition) is 0. The number of piperazine rings is 1. The van der Waals surface area contributed by atoms with Crippen LogP contribution in [0, 0.1) is 0 Å². The molecule has 1 atom stereocenters. The molecule has 0 radical (unpaired) electrons. The largest absolute Gasteiger partial charge is 0.435 e. The minimum absolute atomic E-state index is 0.